The fourth-order valence-corrected chi connectivity index (χ4v) is 1.85. The molecular formula is C9H10INO. The number of fused-ring (bicyclic) bond motifs is 1. The Morgan fingerprint density at radius 1 is 1.58 bits per heavy atom. The molecule has 3 heteroatoms. The second-order valence-corrected chi connectivity index (χ2v) is 4.22. The van der Waals surface area contributed by atoms with Gasteiger partial charge in [-0.15, -0.1) is 0 Å². The molecule has 1 aromatic carbocycles. The fourth-order valence-electron chi connectivity index (χ4n) is 1.35. The minimum atomic E-state index is 0.0640. The van der Waals surface area contributed by atoms with E-state index in [0.717, 1.165) is 11.3 Å². The van der Waals surface area contributed by atoms with Crippen molar-refractivity contribution in [3.8, 4) is 5.75 Å². The van der Waals surface area contributed by atoms with Gasteiger partial charge in [0.1, 0.15) is 12.4 Å². The molecule has 1 unspecified atom stereocenters. The van der Waals surface area contributed by atoms with E-state index in [-0.39, 0.29) is 6.04 Å². The molecule has 2 N–H and O–H groups in total. The van der Waals surface area contributed by atoms with Crippen LogP contribution in [0.1, 0.15) is 17.2 Å². The first-order chi connectivity index (χ1) is 5.68. The van der Waals surface area contributed by atoms with Crippen molar-refractivity contribution < 1.29 is 4.74 Å². The van der Waals surface area contributed by atoms with Gasteiger partial charge in [0.25, 0.3) is 0 Å². The van der Waals surface area contributed by atoms with Crippen LogP contribution >= 0.6 is 22.6 Å². The number of benzene rings is 1. The number of halogens is 1. The number of ether oxygens (including phenoxy) is 1. The number of nitrogens with two attached hydrogens (primary N) is 1. The molecule has 0 saturated heterocycles. The zero-order valence-electron chi connectivity index (χ0n) is 6.80. The topological polar surface area (TPSA) is 35.2 Å². The molecule has 0 aromatic heterocycles. The summed E-state index contributed by atoms with van der Waals surface area (Å²) in [5, 5.41) is 0. The molecule has 64 valence electrons. The van der Waals surface area contributed by atoms with Gasteiger partial charge in [-0.05, 0) is 47.2 Å². The predicted octanol–water partition coefficient (Wildman–Crippen LogP) is 1.99. The van der Waals surface area contributed by atoms with Crippen LogP contribution in [0.3, 0.4) is 0 Å². The summed E-state index contributed by atoms with van der Waals surface area (Å²) in [7, 11) is 0. The van der Waals surface area contributed by atoms with Crippen LogP contribution in [0.15, 0.2) is 12.1 Å². The van der Waals surface area contributed by atoms with Crippen molar-refractivity contribution in [2.75, 3.05) is 6.61 Å². The molecule has 0 amide bonds. The van der Waals surface area contributed by atoms with Crippen molar-refractivity contribution in [1.82, 2.24) is 0 Å². The summed E-state index contributed by atoms with van der Waals surface area (Å²) in [5.41, 5.74) is 8.23. The van der Waals surface area contributed by atoms with Crippen LogP contribution in [-0.4, -0.2) is 6.61 Å². The molecule has 12 heavy (non-hydrogen) atoms. The summed E-state index contributed by atoms with van der Waals surface area (Å²) in [5.74, 6) is 0.959. The molecule has 1 atom stereocenters. The van der Waals surface area contributed by atoms with Crippen molar-refractivity contribution in [2.45, 2.75) is 13.0 Å². The van der Waals surface area contributed by atoms with Crippen molar-refractivity contribution in [2.24, 2.45) is 5.73 Å². The van der Waals surface area contributed by atoms with E-state index in [2.05, 4.69) is 41.6 Å². The van der Waals surface area contributed by atoms with Crippen molar-refractivity contribution in [1.29, 1.82) is 0 Å². The molecule has 1 aromatic rings. The highest BCUT2D eigenvalue weighted by molar-refractivity contribution is 14.1. The van der Waals surface area contributed by atoms with E-state index in [1.165, 1.54) is 9.13 Å². The normalized spacial score (nSPS) is 20.4. The average molecular weight is 275 g/mol. The first kappa shape index (κ1) is 8.31. The van der Waals surface area contributed by atoms with E-state index in [9.17, 15) is 0 Å². The Kier molecular flexibility index (Phi) is 2.00. The molecule has 1 heterocycles. The first-order valence-corrected chi connectivity index (χ1v) is 4.95. The van der Waals surface area contributed by atoms with E-state index < -0.39 is 0 Å². The molecular weight excluding hydrogens is 265 g/mol. The summed E-state index contributed by atoms with van der Waals surface area (Å²) >= 11 is 2.32. The zero-order chi connectivity index (χ0) is 8.72. The first-order valence-electron chi connectivity index (χ1n) is 3.87. The van der Waals surface area contributed by atoms with Crippen LogP contribution in [0.5, 0.6) is 5.75 Å². The molecule has 0 radical (unpaired) electrons. The Morgan fingerprint density at radius 2 is 2.33 bits per heavy atom. The predicted molar refractivity (Wildman–Crippen MR) is 56.3 cm³/mol. The van der Waals surface area contributed by atoms with Crippen LogP contribution < -0.4 is 10.5 Å². The monoisotopic (exact) mass is 275 g/mol. The van der Waals surface area contributed by atoms with Crippen LogP contribution in [0.2, 0.25) is 0 Å². The van der Waals surface area contributed by atoms with Gasteiger partial charge in [0.05, 0.1) is 6.04 Å². The second kappa shape index (κ2) is 2.88. The Labute approximate surface area is 85.2 Å². The maximum absolute atomic E-state index is 5.84. The number of aryl methyl sites for hydroxylation is 1. The minimum Gasteiger partial charge on any atom is -0.491 e. The summed E-state index contributed by atoms with van der Waals surface area (Å²) in [6, 6.07) is 4.24. The number of hydrogen-bond donors (Lipinski definition) is 1. The van der Waals surface area contributed by atoms with Gasteiger partial charge in [0, 0.05) is 9.13 Å². The van der Waals surface area contributed by atoms with E-state index in [1.807, 2.05) is 0 Å². The van der Waals surface area contributed by atoms with Gasteiger partial charge >= 0.3 is 0 Å². The van der Waals surface area contributed by atoms with Gasteiger partial charge in [-0.3, -0.25) is 0 Å². The highest BCUT2D eigenvalue weighted by Gasteiger charge is 2.21. The maximum Gasteiger partial charge on any atom is 0.124 e. The van der Waals surface area contributed by atoms with Crippen LogP contribution in [0, 0.1) is 10.5 Å². The molecule has 2 rings (SSSR count). The Balaban J connectivity index is 2.56. The van der Waals surface area contributed by atoms with Crippen LogP contribution in [0.4, 0.5) is 0 Å². The maximum atomic E-state index is 5.84. The molecule has 0 aliphatic carbocycles. The van der Waals surface area contributed by atoms with Gasteiger partial charge in [-0.2, -0.15) is 0 Å². The third kappa shape index (κ3) is 1.21. The van der Waals surface area contributed by atoms with E-state index in [4.69, 9.17) is 10.5 Å². The molecule has 0 saturated carbocycles. The second-order valence-electron chi connectivity index (χ2n) is 3.06. The lowest BCUT2D eigenvalue weighted by Crippen LogP contribution is -2.10. The SMILES string of the molecule is Cc1cc2c(cc1I)C(N)CO2. The lowest BCUT2D eigenvalue weighted by molar-refractivity contribution is 0.333. The number of hydrogen-bond acceptors (Lipinski definition) is 2. The molecule has 1 aliphatic rings. The van der Waals surface area contributed by atoms with Gasteiger partial charge in [0.2, 0.25) is 0 Å². The summed E-state index contributed by atoms with van der Waals surface area (Å²) < 4.78 is 6.67. The summed E-state index contributed by atoms with van der Waals surface area (Å²) in [6.07, 6.45) is 0. The van der Waals surface area contributed by atoms with Crippen molar-refractivity contribution >= 4 is 22.6 Å². The lowest BCUT2D eigenvalue weighted by atomic mass is 10.1. The quantitative estimate of drug-likeness (QED) is 0.735. The smallest absolute Gasteiger partial charge is 0.124 e. The van der Waals surface area contributed by atoms with E-state index in [0.29, 0.717) is 6.61 Å². The van der Waals surface area contributed by atoms with Gasteiger partial charge in [-0.1, -0.05) is 0 Å². The minimum absolute atomic E-state index is 0.0640. The van der Waals surface area contributed by atoms with E-state index in [1.54, 1.807) is 0 Å². The molecule has 0 fully saturated rings. The molecule has 2 nitrogen and oxygen atoms in total. The standard InChI is InChI=1S/C9H10INO/c1-5-2-9-6(3-7(5)10)8(11)4-12-9/h2-3,8H,4,11H2,1H3. The van der Waals surface area contributed by atoms with Gasteiger partial charge in [-0.25, -0.2) is 0 Å². The number of rotatable bonds is 0. The largest absolute Gasteiger partial charge is 0.491 e. The van der Waals surface area contributed by atoms with Crippen LogP contribution in [0.25, 0.3) is 0 Å². The molecule has 1 aliphatic heterocycles. The van der Waals surface area contributed by atoms with Gasteiger partial charge in [0.15, 0.2) is 0 Å². The highest BCUT2D eigenvalue weighted by atomic mass is 127. The average Bonchev–Trinajstić information content (AvgIpc) is 2.35. The Morgan fingerprint density at radius 3 is 3.08 bits per heavy atom. The fraction of sp³-hybridized carbons (Fsp3) is 0.333. The third-order valence-electron chi connectivity index (χ3n) is 2.11. The lowest BCUT2D eigenvalue weighted by Gasteiger charge is -2.03. The highest BCUT2D eigenvalue weighted by Crippen LogP contribution is 2.33. The Hall–Kier alpha value is -0.290. The summed E-state index contributed by atoms with van der Waals surface area (Å²) in [6.45, 7) is 2.70. The van der Waals surface area contributed by atoms with Crippen molar-refractivity contribution in [3.05, 3.63) is 26.8 Å². The third-order valence-corrected chi connectivity index (χ3v) is 3.27. The summed E-state index contributed by atoms with van der Waals surface area (Å²) in [4.78, 5) is 0. The van der Waals surface area contributed by atoms with Gasteiger partial charge < -0.3 is 10.5 Å². The zero-order valence-corrected chi connectivity index (χ0v) is 8.96. The van der Waals surface area contributed by atoms with E-state index >= 15 is 0 Å². The molecule has 0 bridgehead atoms. The molecule has 0 spiro atoms. The van der Waals surface area contributed by atoms with Crippen LogP contribution in [-0.2, 0) is 0 Å². The van der Waals surface area contributed by atoms with Crippen molar-refractivity contribution in [3.63, 3.8) is 0 Å². The Bertz CT molecular complexity index is 325.